The van der Waals surface area contributed by atoms with Crippen LogP contribution in [-0.2, 0) is 22.6 Å². The van der Waals surface area contributed by atoms with E-state index in [0.717, 1.165) is 11.1 Å². The number of nitrogens with zero attached hydrogens (tertiary/aromatic N) is 1. The van der Waals surface area contributed by atoms with E-state index < -0.39 is 0 Å². The van der Waals surface area contributed by atoms with E-state index in [2.05, 4.69) is 4.98 Å². The van der Waals surface area contributed by atoms with Crippen LogP contribution in [0.25, 0.3) is 11.5 Å². The summed E-state index contributed by atoms with van der Waals surface area (Å²) in [5.74, 6) is 1.32. The number of rotatable bonds is 7. The van der Waals surface area contributed by atoms with Crippen LogP contribution in [0.4, 0.5) is 0 Å². The van der Waals surface area contributed by atoms with Crippen molar-refractivity contribution in [2.24, 2.45) is 0 Å². The van der Waals surface area contributed by atoms with E-state index >= 15 is 0 Å². The maximum absolute atomic E-state index is 12.1. The van der Waals surface area contributed by atoms with Crippen molar-refractivity contribution in [1.29, 1.82) is 0 Å². The number of carbonyl (C=O) groups excluding carboxylic acids is 1. The second-order valence-electron chi connectivity index (χ2n) is 5.54. The van der Waals surface area contributed by atoms with Gasteiger partial charge in [-0.05, 0) is 29.8 Å². The van der Waals surface area contributed by atoms with Crippen molar-refractivity contribution in [3.8, 4) is 23.0 Å². The first-order chi connectivity index (χ1) is 12.7. The van der Waals surface area contributed by atoms with Crippen LogP contribution in [0.3, 0.4) is 0 Å². The van der Waals surface area contributed by atoms with Crippen LogP contribution in [0, 0.1) is 0 Å². The normalized spacial score (nSPS) is 10.4. The Bertz CT molecular complexity index is 873. The molecule has 0 bridgehead atoms. The molecule has 0 N–H and O–H groups in total. The zero-order valence-corrected chi connectivity index (χ0v) is 14.6. The molecular weight excluding hydrogens is 334 g/mol. The smallest absolute Gasteiger partial charge is 0.310 e. The molecule has 0 saturated heterocycles. The zero-order chi connectivity index (χ0) is 18.4. The van der Waals surface area contributed by atoms with E-state index in [0.29, 0.717) is 23.1 Å². The van der Waals surface area contributed by atoms with Crippen molar-refractivity contribution >= 4 is 5.97 Å². The Morgan fingerprint density at radius 1 is 1.04 bits per heavy atom. The molecule has 0 fully saturated rings. The third-order valence-corrected chi connectivity index (χ3v) is 3.75. The first-order valence-electron chi connectivity index (χ1n) is 8.06. The fourth-order valence-corrected chi connectivity index (χ4v) is 2.45. The second-order valence-corrected chi connectivity index (χ2v) is 5.54. The highest BCUT2D eigenvalue weighted by Crippen LogP contribution is 2.27. The van der Waals surface area contributed by atoms with Crippen molar-refractivity contribution in [2.45, 2.75) is 13.0 Å². The van der Waals surface area contributed by atoms with Crippen molar-refractivity contribution in [1.82, 2.24) is 4.98 Å². The largest absolute Gasteiger partial charge is 0.493 e. The van der Waals surface area contributed by atoms with Crippen LogP contribution in [0.2, 0.25) is 0 Å². The first-order valence-corrected chi connectivity index (χ1v) is 8.06. The summed E-state index contributed by atoms with van der Waals surface area (Å²) in [4.78, 5) is 16.4. The third kappa shape index (κ3) is 4.22. The summed E-state index contributed by atoms with van der Waals surface area (Å²) >= 11 is 0. The summed E-state index contributed by atoms with van der Waals surface area (Å²) in [6.07, 6.45) is 1.62. The number of oxazole rings is 1. The van der Waals surface area contributed by atoms with Crippen LogP contribution < -0.4 is 9.47 Å². The van der Waals surface area contributed by atoms with E-state index in [1.54, 1.807) is 32.4 Å². The highest BCUT2D eigenvalue weighted by molar-refractivity contribution is 5.73. The van der Waals surface area contributed by atoms with Crippen molar-refractivity contribution in [2.75, 3.05) is 14.2 Å². The quantitative estimate of drug-likeness (QED) is 0.604. The van der Waals surface area contributed by atoms with Crippen LogP contribution in [0.15, 0.2) is 59.2 Å². The molecule has 0 aliphatic heterocycles. The van der Waals surface area contributed by atoms with Gasteiger partial charge < -0.3 is 18.6 Å². The Balaban J connectivity index is 1.57. The molecule has 0 unspecified atom stereocenters. The summed E-state index contributed by atoms with van der Waals surface area (Å²) in [5.41, 5.74) is 2.21. The lowest BCUT2D eigenvalue weighted by Crippen LogP contribution is -2.08. The van der Waals surface area contributed by atoms with Gasteiger partial charge in [0.25, 0.3) is 0 Å². The molecule has 26 heavy (non-hydrogen) atoms. The Labute approximate surface area is 151 Å². The molecule has 1 heterocycles. The molecule has 6 heteroatoms. The molecule has 2 aromatic carbocycles. The number of esters is 1. The minimum Gasteiger partial charge on any atom is -0.493 e. The predicted octanol–water partition coefficient (Wildman–Crippen LogP) is 3.64. The molecule has 0 radical (unpaired) electrons. The second kappa shape index (κ2) is 8.20. The minimum absolute atomic E-state index is 0.0580. The number of ether oxygens (including phenoxy) is 3. The fourth-order valence-electron chi connectivity index (χ4n) is 2.45. The van der Waals surface area contributed by atoms with Gasteiger partial charge in [-0.25, -0.2) is 4.98 Å². The van der Waals surface area contributed by atoms with Crippen molar-refractivity contribution in [3.05, 3.63) is 66.1 Å². The molecule has 3 rings (SSSR count). The molecule has 134 valence electrons. The van der Waals surface area contributed by atoms with Gasteiger partial charge in [-0.15, -0.1) is 0 Å². The fraction of sp³-hybridized carbons (Fsp3) is 0.200. The number of methoxy groups -OCH3 is 2. The molecule has 0 amide bonds. The molecule has 6 nitrogen and oxygen atoms in total. The number of carbonyl (C=O) groups is 1. The van der Waals surface area contributed by atoms with Crippen molar-refractivity contribution < 1.29 is 23.4 Å². The third-order valence-electron chi connectivity index (χ3n) is 3.75. The van der Waals surface area contributed by atoms with E-state index in [4.69, 9.17) is 18.6 Å². The zero-order valence-electron chi connectivity index (χ0n) is 14.6. The van der Waals surface area contributed by atoms with Gasteiger partial charge in [-0.3, -0.25) is 4.79 Å². The maximum Gasteiger partial charge on any atom is 0.310 e. The average Bonchev–Trinajstić information content (AvgIpc) is 3.16. The molecule has 3 aromatic rings. The molecule has 1 aromatic heterocycles. The summed E-state index contributed by atoms with van der Waals surface area (Å²) in [6, 6.07) is 14.8. The van der Waals surface area contributed by atoms with Crippen molar-refractivity contribution in [3.63, 3.8) is 0 Å². The van der Waals surface area contributed by atoms with Gasteiger partial charge in [-0.2, -0.15) is 0 Å². The van der Waals surface area contributed by atoms with Gasteiger partial charge in [0.1, 0.15) is 18.6 Å². The number of benzene rings is 2. The summed E-state index contributed by atoms with van der Waals surface area (Å²) in [5, 5.41) is 0. The lowest BCUT2D eigenvalue weighted by Gasteiger charge is -2.09. The lowest BCUT2D eigenvalue weighted by atomic mass is 10.1. The van der Waals surface area contributed by atoms with E-state index in [1.807, 2.05) is 30.3 Å². The average molecular weight is 353 g/mol. The predicted molar refractivity (Wildman–Crippen MR) is 95.0 cm³/mol. The Morgan fingerprint density at radius 3 is 2.54 bits per heavy atom. The van der Waals surface area contributed by atoms with Gasteiger partial charge in [0, 0.05) is 5.56 Å². The number of hydrogen-bond acceptors (Lipinski definition) is 6. The molecule has 0 spiro atoms. The molecular formula is C20H19NO5. The number of aromatic nitrogens is 1. The molecule has 0 saturated carbocycles. The minimum atomic E-state index is -0.360. The SMILES string of the molecule is COc1ccc(CC(=O)OCc2coc(-c3ccccc3)n2)cc1OC. The maximum atomic E-state index is 12.1. The van der Waals surface area contributed by atoms with E-state index in [1.165, 1.54) is 6.26 Å². The Kier molecular flexibility index (Phi) is 5.53. The summed E-state index contributed by atoms with van der Waals surface area (Å²) in [6.45, 7) is 0.0580. The molecule has 0 aliphatic rings. The molecule has 0 atom stereocenters. The van der Waals surface area contributed by atoms with Gasteiger partial charge >= 0.3 is 5.97 Å². The van der Waals surface area contributed by atoms with Gasteiger partial charge in [0.05, 0.1) is 20.6 Å². The van der Waals surface area contributed by atoms with Gasteiger partial charge in [0.2, 0.25) is 5.89 Å². The Morgan fingerprint density at radius 2 is 1.81 bits per heavy atom. The monoisotopic (exact) mass is 353 g/mol. The van der Waals surface area contributed by atoms with E-state index in [9.17, 15) is 4.79 Å². The first kappa shape index (κ1) is 17.5. The Hall–Kier alpha value is -3.28. The summed E-state index contributed by atoms with van der Waals surface area (Å²) < 4.78 is 21.1. The topological polar surface area (TPSA) is 70.8 Å². The van der Waals surface area contributed by atoms with Crippen LogP contribution in [0.5, 0.6) is 11.5 Å². The van der Waals surface area contributed by atoms with E-state index in [-0.39, 0.29) is 19.0 Å². The number of hydrogen-bond donors (Lipinski definition) is 0. The summed E-state index contributed by atoms with van der Waals surface area (Å²) in [7, 11) is 3.11. The standard InChI is InChI=1S/C20H19NO5/c1-23-17-9-8-14(10-18(17)24-2)11-19(22)25-12-16-13-26-20(21-16)15-6-4-3-5-7-15/h3-10,13H,11-12H2,1-2H3. The van der Waals surface area contributed by atoms with Gasteiger partial charge in [0.15, 0.2) is 11.5 Å². The highest BCUT2D eigenvalue weighted by Gasteiger charge is 2.11. The van der Waals surface area contributed by atoms with Crippen LogP contribution in [-0.4, -0.2) is 25.2 Å². The van der Waals surface area contributed by atoms with Gasteiger partial charge in [-0.1, -0.05) is 24.3 Å². The lowest BCUT2D eigenvalue weighted by molar-refractivity contribution is -0.144. The van der Waals surface area contributed by atoms with Crippen LogP contribution >= 0.6 is 0 Å². The van der Waals surface area contributed by atoms with Crippen LogP contribution in [0.1, 0.15) is 11.3 Å². The molecule has 0 aliphatic carbocycles. The highest BCUT2D eigenvalue weighted by atomic mass is 16.5.